The minimum atomic E-state index is 0.779. The maximum atomic E-state index is 4.33. The van der Waals surface area contributed by atoms with Gasteiger partial charge in [0.05, 0.1) is 11.0 Å². The molecule has 2 aromatic heterocycles. The van der Waals surface area contributed by atoms with Gasteiger partial charge >= 0.3 is 0 Å². The van der Waals surface area contributed by atoms with Crippen molar-refractivity contribution in [1.29, 1.82) is 0 Å². The van der Waals surface area contributed by atoms with E-state index in [1.165, 1.54) is 16.5 Å². The fraction of sp³-hybridized carbons (Fsp3) is 0.0588. The van der Waals surface area contributed by atoms with E-state index in [0.29, 0.717) is 0 Å². The first-order valence-corrected chi connectivity index (χ1v) is 6.90. The van der Waals surface area contributed by atoms with Crippen LogP contribution in [0.25, 0.3) is 21.9 Å². The van der Waals surface area contributed by atoms with Crippen LogP contribution in [0.1, 0.15) is 5.56 Å². The molecule has 0 unspecified atom stereocenters. The van der Waals surface area contributed by atoms with Crippen LogP contribution in [0.4, 0.5) is 5.69 Å². The summed E-state index contributed by atoms with van der Waals surface area (Å²) >= 11 is 0. The minimum absolute atomic E-state index is 0.779. The number of aromatic nitrogens is 3. The molecule has 4 nitrogen and oxygen atoms in total. The molecule has 0 aliphatic carbocycles. The highest BCUT2D eigenvalue weighted by Crippen LogP contribution is 2.20. The van der Waals surface area contributed by atoms with Gasteiger partial charge in [-0.3, -0.25) is 9.97 Å². The van der Waals surface area contributed by atoms with Gasteiger partial charge in [0.2, 0.25) is 0 Å². The quantitative estimate of drug-likeness (QED) is 0.598. The first-order valence-electron chi connectivity index (χ1n) is 6.90. The lowest BCUT2D eigenvalue weighted by atomic mass is 10.1. The Balaban J connectivity index is 1.61. The van der Waals surface area contributed by atoms with Crippen LogP contribution in [0, 0.1) is 0 Å². The van der Waals surface area contributed by atoms with Crippen molar-refractivity contribution in [2.75, 3.05) is 5.32 Å². The standard InChI is InChI=1S/C17H14N4/c1-2-12(14-6-7-18-15(14)3-1)11-21-13-4-5-16-17(10-13)20-9-8-19-16/h1-10,18,21H,11H2. The molecule has 0 radical (unpaired) electrons. The van der Waals surface area contributed by atoms with Crippen molar-refractivity contribution >= 4 is 27.6 Å². The van der Waals surface area contributed by atoms with Gasteiger partial charge in [0, 0.05) is 41.7 Å². The van der Waals surface area contributed by atoms with E-state index in [4.69, 9.17) is 0 Å². The Hall–Kier alpha value is -2.88. The van der Waals surface area contributed by atoms with E-state index in [0.717, 1.165) is 23.3 Å². The third-order valence-electron chi connectivity index (χ3n) is 3.64. The molecule has 0 fully saturated rings. The second-order valence-electron chi connectivity index (χ2n) is 4.97. The highest BCUT2D eigenvalue weighted by Gasteiger charge is 2.02. The van der Waals surface area contributed by atoms with Crippen molar-refractivity contribution in [1.82, 2.24) is 15.0 Å². The van der Waals surface area contributed by atoms with E-state index in [1.807, 2.05) is 24.4 Å². The highest BCUT2D eigenvalue weighted by molar-refractivity contribution is 5.83. The Morgan fingerprint density at radius 1 is 0.952 bits per heavy atom. The smallest absolute Gasteiger partial charge is 0.0907 e. The lowest BCUT2D eigenvalue weighted by molar-refractivity contribution is 1.17. The number of aromatic amines is 1. The second-order valence-corrected chi connectivity index (χ2v) is 4.97. The molecule has 4 rings (SSSR count). The number of hydrogen-bond acceptors (Lipinski definition) is 3. The topological polar surface area (TPSA) is 53.6 Å². The fourth-order valence-corrected chi connectivity index (χ4v) is 2.58. The summed E-state index contributed by atoms with van der Waals surface area (Å²) in [6, 6.07) is 14.5. The largest absolute Gasteiger partial charge is 0.381 e. The van der Waals surface area contributed by atoms with Crippen molar-refractivity contribution in [3.05, 3.63) is 66.6 Å². The Morgan fingerprint density at radius 3 is 2.81 bits per heavy atom. The molecule has 0 bridgehead atoms. The molecule has 4 heteroatoms. The van der Waals surface area contributed by atoms with Crippen LogP contribution in [0.15, 0.2) is 61.1 Å². The molecular weight excluding hydrogens is 260 g/mol. The van der Waals surface area contributed by atoms with Gasteiger partial charge < -0.3 is 10.3 Å². The Bertz CT molecular complexity index is 911. The molecule has 0 saturated carbocycles. The number of H-pyrrole nitrogens is 1. The predicted octanol–water partition coefficient (Wildman–Crippen LogP) is 3.72. The molecular formula is C17H14N4. The average Bonchev–Trinajstić information content (AvgIpc) is 3.02. The minimum Gasteiger partial charge on any atom is -0.381 e. The van der Waals surface area contributed by atoms with Crippen LogP contribution in [0.5, 0.6) is 0 Å². The van der Waals surface area contributed by atoms with Crippen molar-refractivity contribution < 1.29 is 0 Å². The molecule has 102 valence electrons. The fourth-order valence-electron chi connectivity index (χ4n) is 2.58. The molecule has 2 N–H and O–H groups in total. The second kappa shape index (κ2) is 4.90. The van der Waals surface area contributed by atoms with Crippen LogP contribution >= 0.6 is 0 Å². The zero-order valence-electron chi connectivity index (χ0n) is 11.4. The van der Waals surface area contributed by atoms with Crippen molar-refractivity contribution in [3.63, 3.8) is 0 Å². The van der Waals surface area contributed by atoms with Gasteiger partial charge in [-0.2, -0.15) is 0 Å². The van der Waals surface area contributed by atoms with Crippen molar-refractivity contribution in [3.8, 4) is 0 Å². The number of rotatable bonds is 3. The summed E-state index contributed by atoms with van der Waals surface area (Å²) in [7, 11) is 0. The van der Waals surface area contributed by atoms with Crippen LogP contribution < -0.4 is 5.32 Å². The summed E-state index contributed by atoms with van der Waals surface area (Å²) < 4.78 is 0. The van der Waals surface area contributed by atoms with E-state index in [1.54, 1.807) is 12.4 Å². The summed E-state index contributed by atoms with van der Waals surface area (Å²) in [5, 5.41) is 4.71. The molecule has 0 aliphatic rings. The third kappa shape index (κ3) is 2.21. The number of nitrogens with zero attached hydrogens (tertiary/aromatic N) is 2. The maximum absolute atomic E-state index is 4.33. The zero-order chi connectivity index (χ0) is 14.1. The lowest BCUT2D eigenvalue weighted by Crippen LogP contribution is -2.00. The van der Waals surface area contributed by atoms with Crippen molar-refractivity contribution in [2.24, 2.45) is 0 Å². The number of hydrogen-bond donors (Lipinski definition) is 2. The Labute approximate surface area is 121 Å². The molecule has 0 amide bonds. The number of benzene rings is 2. The number of anilines is 1. The molecule has 0 aliphatic heterocycles. The Morgan fingerprint density at radius 2 is 1.86 bits per heavy atom. The highest BCUT2D eigenvalue weighted by atomic mass is 14.9. The van der Waals surface area contributed by atoms with Gasteiger partial charge in [-0.1, -0.05) is 12.1 Å². The molecule has 2 heterocycles. The van der Waals surface area contributed by atoms with Gasteiger partial charge in [-0.05, 0) is 35.9 Å². The molecule has 0 atom stereocenters. The molecule has 0 saturated heterocycles. The summed E-state index contributed by atoms with van der Waals surface area (Å²) in [5.74, 6) is 0. The van der Waals surface area contributed by atoms with E-state index in [-0.39, 0.29) is 0 Å². The zero-order valence-corrected chi connectivity index (χ0v) is 11.4. The monoisotopic (exact) mass is 274 g/mol. The third-order valence-corrected chi connectivity index (χ3v) is 3.64. The summed E-state index contributed by atoms with van der Waals surface area (Å²) in [6.07, 6.45) is 5.40. The van der Waals surface area contributed by atoms with Gasteiger partial charge in [0.15, 0.2) is 0 Å². The van der Waals surface area contributed by atoms with Gasteiger partial charge in [-0.25, -0.2) is 0 Å². The molecule has 21 heavy (non-hydrogen) atoms. The first kappa shape index (κ1) is 11.9. The normalized spacial score (nSPS) is 11.0. The van der Waals surface area contributed by atoms with E-state index in [2.05, 4.69) is 44.5 Å². The Kier molecular flexibility index (Phi) is 2.78. The summed E-state index contributed by atoms with van der Waals surface area (Å²) in [5.41, 5.74) is 5.31. The maximum Gasteiger partial charge on any atom is 0.0907 e. The number of fused-ring (bicyclic) bond motifs is 2. The molecule has 4 aromatic rings. The van der Waals surface area contributed by atoms with Crippen LogP contribution in [0.3, 0.4) is 0 Å². The predicted molar refractivity (Wildman–Crippen MR) is 85.2 cm³/mol. The van der Waals surface area contributed by atoms with Gasteiger partial charge in [0.25, 0.3) is 0 Å². The van der Waals surface area contributed by atoms with E-state index in [9.17, 15) is 0 Å². The van der Waals surface area contributed by atoms with Crippen LogP contribution in [-0.4, -0.2) is 15.0 Å². The van der Waals surface area contributed by atoms with Gasteiger partial charge in [-0.15, -0.1) is 0 Å². The summed E-state index contributed by atoms with van der Waals surface area (Å²) in [4.78, 5) is 11.8. The number of nitrogens with one attached hydrogen (secondary N) is 2. The van der Waals surface area contributed by atoms with Crippen LogP contribution in [-0.2, 0) is 6.54 Å². The first-order chi connectivity index (χ1) is 10.4. The van der Waals surface area contributed by atoms with Crippen LogP contribution in [0.2, 0.25) is 0 Å². The molecule has 2 aromatic carbocycles. The van der Waals surface area contributed by atoms with E-state index >= 15 is 0 Å². The molecule has 0 spiro atoms. The van der Waals surface area contributed by atoms with Crippen molar-refractivity contribution in [2.45, 2.75) is 6.54 Å². The lowest BCUT2D eigenvalue weighted by Gasteiger charge is -2.08. The SMILES string of the molecule is c1cc(CNc2ccc3nccnc3c2)c2cc[nH]c2c1. The average molecular weight is 274 g/mol. The van der Waals surface area contributed by atoms with Gasteiger partial charge in [0.1, 0.15) is 0 Å². The summed E-state index contributed by atoms with van der Waals surface area (Å²) in [6.45, 7) is 0.779. The van der Waals surface area contributed by atoms with E-state index < -0.39 is 0 Å².